The van der Waals surface area contributed by atoms with E-state index in [1.54, 1.807) is 0 Å². The molecule has 0 fully saturated rings. The van der Waals surface area contributed by atoms with E-state index in [-0.39, 0.29) is 0 Å². The molecule has 1 unspecified atom stereocenters. The Morgan fingerprint density at radius 3 is 2.72 bits per heavy atom. The smallest absolute Gasteiger partial charge is 0.0704 e. The normalized spacial score (nSPS) is 13.1. The highest BCUT2D eigenvalue weighted by molar-refractivity contribution is 5.81. The van der Waals surface area contributed by atoms with Gasteiger partial charge in [-0.05, 0) is 42.9 Å². The maximum absolute atomic E-state index is 6.08. The van der Waals surface area contributed by atoms with Crippen molar-refractivity contribution in [3.05, 3.63) is 42.1 Å². The van der Waals surface area contributed by atoms with Crippen LogP contribution in [0, 0.1) is 5.92 Å². The molecule has 2 rings (SSSR count). The third-order valence-electron chi connectivity index (χ3n) is 3.58. The number of fused-ring (bicyclic) bond motifs is 1. The van der Waals surface area contributed by atoms with Gasteiger partial charge >= 0.3 is 0 Å². The van der Waals surface area contributed by atoms with Crippen molar-refractivity contribution < 1.29 is 0 Å². The van der Waals surface area contributed by atoms with E-state index in [9.17, 15) is 0 Å². The second-order valence-corrected chi connectivity index (χ2v) is 5.29. The number of hydrogen-bond donors (Lipinski definition) is 1. The lowest BCUT2D eigenvalue weighted by molar-refractivity contribution is 0.452. The van der Waals surface area contributed by atoms with Gasteiger partial charge in [0.15, 0.2) is 0 Å². The molecule has 1 heterocycles. The molecule has 0 spiro atoms. The van der Waals surface area contributed by atoms with Gasteiger partial charge in [0.1, 0.15) is 0 Å². The summed E-state index contributed by atoms with van der Waals surface area (Å²) < 4.78 is 0. The molecule has 2 heteroatoms. The maximum Gasteiger partial charge on any atom is 0.0704 e. The van der Waals surface area contributed by atoms with Crippen molar-refractivity contribution >= 4 is 10.9 Å². The van der Waals surface area contributed by atoms with Gasteiger partial charge in [-0.2, -0.15) is 0 Å². The van der Waals surface area contributed by atoms with Crippen molar-refractivity contribution in [1.82, 2.24) is 4.98 Å². The first kappa shape index (κ1) is 13.0. The number of aryl methyl sites for hydroxylation is 1. The van der Waals surface area contributed by atoms with E-state index >= 15 is 0 Å². The summed E-state index contributed by atoms with van der Waals surface area (Å²) >= 11 is 0. The van der Waals surface area contributed by atoms with E-state index < -0.39 is 0 Å². The van der Waals surface area contributed by atoms with Crippen molar-refractivity contribution in [3.63, 3.8) is 0 Å². The first-order chi connectivity index (χ1) is 8.68. The first-order valence-electron chi connectivity index (χ1n) is 6.76. The quantitative estimate of drug-likeness (QED) is 0.871. The van der Waals surface area contributed by atoms with Crippen LogP contribution in [0.25, 0.3) is 10.9 Å². The van der Waals surface area contributed by atoms with E-state index in [1.807, 2.05) is 12.3 Å². The molecular weight excluding hydrogens is 220 g/mol. The predicted octanol–water partition coefficient (Wildman–Crippen LogP) is 3.54. The number of rotatable bonds is 5. The molecule has 0 aliphatic carbocycles. The van der Waals surface area contributed by atoms with Gasteiger partial charge in [0, 0.05) is 17.6 Å². The van der Waals surface area contributed by atoms with E-state index in [0.717, 1.165) is 24.8 Å². The van der Waals surface area contributed by atoms with Gasteiger partial charge in [-0.1, -0.05) is 32.0 Å². The molecule has 96 valence electrons. The number of hydrogen-bond acceptors (Lipinski definition) is 2. The summed E-state index contributed by atoms with van der Waals surface area (Å²) in [5.41, 5.74) is 8.55. The van der Waals surface area contributed by atoms with Crippen LogP contribution in [0.2, 0.25) is 0 Å². The Morgan fingerprint density at radius 2 is 1.94 bits per heavy atom. The van der Waals surface area contributed by atoms with Crippen LogP contribution < -0.4 is 5.73 Å². The molecule has 0 radical (unpaired) electrons. The highest BCUT2D eigenvalue weighted by atomic mass is 14.6. The van der Waals surface area contributed by atoms with Crippen LogP contribution in [-0.4, -0.2) is 11.0 Å². The number of nitrogens with two attached hydrogens (primary N) is 1. The second-order valence-electron chi connectivity index (χ2n) is 5.29. The minimum absolute atomic E-state index is 0.318. The summed E-state index contributed by atoms with van der Waals surface area (Å²) in [5, 5.41) is 1.28. The van der Waals surface area contributed by atoms with Crippen LogP contribution in [-0.2, 0) is 6.42 Å². The van der Waals surface area contributed by atoms with Gasteiger partial charge in [-0.3, -0.25) is 4.98 Å². The Balaban J connectivity index is 2.04. The molecule has 1 aromatic carbocycles. The third-order valence-corrected chi connectivity index (χ3v) is 3.58. The summed E-state index contributed by atoms with van der Waals surface area (Å²) in [4.78, 5) is 4.39. The van der Waals surface area contributed by atoms with E-state index in [0.29, 0.717) is 12.0 Å². The largest absolute Gasteiger partial charge is 0.327 e. The molecule has 0 aliphatic heterocycles. The predicted molar refractivity (Wildman–Crippen MR) is 77.5 cm³/mol. The highest BCUT2D eigenvalue weighted by Crippen LogP contribution is 2.18. The number of aromatic nitrogens is 1. The lowest BCUT2D eigenvalue weighted by Gasteiger charge is -2.15. The van der Waals surface area contributed by atoms with Crippen LogP contribution in [0.1, 0.15) is 32.3 Å². The summed E-state index contributed by atoms with van der Waals surface area (Å²) in [6, 6.07) is 10.8. The second kappa shape index (κ2) is 5.96. The minimum atomic E-state index is 0.318. The van der Waals surface area contributed by atoms with Crippen LogP contribution >= 0.6 is 0 Å². The standard InChI is InChI=1S/C16H22N2/c1-12(2)15(17)8-5-6-13-10-11-18-16-9-4-3-7-14(13)16/h3-4,7,9-12,15H,5-6,8,17H2,1-2H3. The van der Waals surface area contributed by atoms with Gasteiger partial charge in [-0.15, -0.1) is 0 Å². The molecule has 2 aromatic rings. The highest BCUT2D eigenvalue weighted by Gasteiger charge is 2.07. The Hall–Kier alpha value is -1.41. The first-order valence-corrected chi connectivity index (χ1v) is 6.76. The Labute approximate surface area is 109 Å². The van der Waals surface area contributed by atoms with Crippen LogP contribution in [0.15, 0.2) is 36.5 Å². The van der Waals surface area contributed by atoms with Crippen molar-refractivity contribution in [2.24, 2.45) is 11.7 Å². The molecule has 2 N–H and O–H groups in total. The monoisotopic (exact) mass is 242 g/mol. The molecule has 2 nitrogen and oxygen atoms in total. The van der Waals surface area contributed by atoms with E-state index in [4.69, 9.17) is 5.73 Å². The summed E-state index contributed by atoms with van der Waals surface area (Å²) in [6.07, 6.45) is 5.23. The van der Waals surface area contributed by atoms with Gasteiger partial charge in [0.2, 0.25) is 0 Å². The molecule has 0 bridgehead atoms. The van der Waals surface area contributed by atoms with Crippen LogP contribution in [0.3, 0.4) is 0 Å². The lowest BCUT2D eigenvalue weighted by Crippen LogP contribution is -2.26. The molecule has 18 heavy (non-hydrogen) atoms. The zero-order chi connectivity index (χ0) is 13.0. The molecule has 0 saturated carbocycles. The van der Waals surface area contributed by atoms with Gasteiger partial charge < -0.3 is 5.73 Å². The van der Waals surface area contributed by atoms with Gasteiger partial charge in [0.05, 0.1) is 5.52 Å². The molecule has 1 atom stereocenters. The minimum Gasteiger partial charge on any atom is -0.327 e. The van der Waals surface area contributed by atoms with E-state index in [1.165, 1.54) is 10.9 Å². The number of para-hydroxylation sites is 1. The number of pyridine rings is 1. The number of benzene rings is 1. The van der Waals surface area contributed by atoms with Crippen molar-refractivity contribution in [1.29, 1.82) is 0 Å². The molecule has 0 saturated heterocycles. The van der Waals surface area contributed by atoms with Crippen LogP contribution in [0.4, 0.5) is 0 Å². The fraction of sp³-hybridized carbons (Fsp3) is 0.438. The Morgan fingerprint density at radius 1 is 1.17 bits per heavy atom. The van der Waals surface area contributed by atoms with Crippen LogP contribution in [0.5, 0.6) is 0 Å². The number of nitrogens with zero attached hydrogens (tertiary/aromatic N) is 1. The fourth-order valence-electron chi connectivity index (χ4n) is 2.23. The average Bonchev–Trinajstić information content (AvgIpc) is 2.38. The summed E-state index contributed by atoms with van der Waals surface area (Å²) in [7, 11) is 0. The van der Waals surface area contributed by atoms with Crippen molar-refractivity contribution in [3.8, 4) is 0 Å². The zero-order valence-electron chi connectivity index (χ0n) is 11.3. The van der Waals surface area contributed by atoms with Crippen molar-refractivity contribution in [2.45, 2.75) is 39.2 Å². The van der Waals surface area contributed by atoms with Gasteiger partial charge in [0.25, 0.3) is 0 Å². The van der Waals surface area contributed by atoms with E-state index in [2.05, 4.69) is 43.1 Å². The zero-order valence-corrected chi connectivity index (χ0v) is 11.3. The van der Waals surface area contributed by atoms with Crippen molar-refractivity contribution in [2.75, 3.05) is 0 Å². The maximum atomic E-state index is 6.08. The average molecular weight is 242 g/mol. The lowest BCUT2D eigenvalue weighted by atomic mass is 9.97. The molecule has 1 aromatic heterocycles. The fourth-order valence-corrected chi connectivity index (χ4v) is 2.23. The summed E-state index contributed by atoms with van der Waals surface area (Å²) in [5.74, 6) is 0.569. The molecular formula is C16H22N2. The topological polar surface area (TPSA) is 38.9 Å². The molecule has 0 amide bonds. The summed E-state index contributed by atoms with van der Waals surface area (Å²) in [6.45, 7) is 4.37. The van der Waals surface area contributed by atoms with Gasteiger partial charge in [-0.25, -0.2) is 0 Å². The third kappa shape index (κ3) is 3.08. The molecule has 0 aliphatic rings. The Kier molecular flexibility index (Phi) is 4.32. The Bertz CT molecular complexity index is 500. The SMILES string of the molecule is CC(C)C(N)CCCc1ccnc2ccccc12.